The van der Waals surface area contributed by atoms with Crippen molar-refractivity contribution < 1.29 is 15.0 Å². The van der Waals surface area contributed by atoms with Crippen LogP contribution in [0.15, 0.2) is 22.7 Å². The van der Waals surface area contributed by atoms with E-state index in [2.05, 4.69) is 21.2 Å². The van der Waals surface area contributed by atoms with Crippen LogP contribution in [0.1, 0.15) is 38.5 Å². The maximum Gasteiger partial charge on any atom is 0.227 e. The summed E-state index contributed by atoms with van der Waals surface area (Å²) in [6.45, 7) is 0. The second kappa shape index (κ2) is 5.92. The van der Waals surface area contributed by atoms with Gasteiger partial charge in [-0.25, -0.2) is 0 Å². The van der Waals surface area contributed by atoms with Gasteiger partial charge in [0.15, 0.2) is 0 Å². The fraction of sp³-hybridized carbons (Fsp3) is 0.500. The molecule has 1 fully saturated rings. The quantitative estimate of drug-likeness (QED) is 0.747. The summed E-state index contributed by atoms with van der Waals surface area (Å²) in [7, 11) is 0. The second-order valence-corrected chi connectivity index (χ2v) is 6.09. The van der Waals surface area contributed by atoms with E-state index in [1.165, 1.54) is 6.07 Å². The van der Waals surface area contributed by atoms with Crippen molar-refractivity contribution in [3.63, 3.8) is 0 Å². The number of anilines is 1. The fourth-order valence-corrected chi connectivity index (χ4v) is 2.84. The lowest BCUT2D eigenvalue weighted by Gasteiger charge is -2.31. The number of carbonyl (C=O) groups excluding carboxylic acids is 1. The zero-order valence-corrected chi connectivity index (χ0v) is 12.2. The van der Waals surface area contributed by atoms with E-state index in [1.807, 2.05) is 0 Å². The van der Waals surface area contributed by atoms with Crippen LogP contribution in [0.5, 0.6) is 5.75 Å². The molecule has 1 aromatic rings. The molecule has 19 heavy (non-hydrogen) atoms. The molecule has 1 aliphatic rings. The summed E-state index contributed by atoms with van der Waals surface area (Å²) in [4.78, 5) is 11.9. The van der Waals surface area contributed by atoms with Gasteiger partial charge < -0.3 is 15.5 Å². The first-order chi connectivity index (χ1) is 8.98. The summed E-state index contributed by atoms with van der Waals surface area (Å²) in [6.07, 6.45) is 4.49. The summed E-state index contributed by atoms with van der Waals surface area (Å²) in [6, 6.07) is 4.89. The van der Waals surface area contributed by atoms with Crippen molar-refractivity contribution >= 4 is 27.5 Å². The predicted octanol–water partition coefficient (Wildman–Crippen LogP) is 3.18. The molecule has 3 N–H and O–H groups in total. The Balaban J connectivity index is 1.97. The van der Waals surface area contributed by atoms with Crippen LogP contribution in [0.3, 0.4) is 0 Å². The van der Waals surface area contributed by atoms with Crippen LogP contribution in [0.2, 0.25) is 0 Å². The molecule has 0 aromatic heterocycles. The minimum Gasteiger partial charge on any atom is -0.506 e. The number of phenolic OH excluding ortho intramolecular Hbond substituents is 1. The third kappa shape index (κ3) is 3.94. The molecule has 0 spiro atoms. The molecular weight excluding hydrogens is 310 g/mol. The van der Waals surface area contributed by atoms with E-state index in [0.29, 0.717) is 18.5 Å². The van der Waals surface area contributed by atoms with Crippen LogP contribution >= 0.6 is 15.9 Å². The van der Waals surface area contributed by atoms with Gasteiger partial charge in [0.25, 0.3) is 0 Å². The molecule has 1 saturated carbocycles. The summed E-state index contributed by atoms with van der Waals surface area (Å²) in [5.41, 5.74) is -0.513. The topological polar surface area (TPSA) is 69.6 Å². The normalized spacial score (nSPS) is 18.0. The monoisotopic (exact) mass is 327 g/mol. The van der Waals surface area contributed by atoms with Crippen molar-refractivity contribution in [2.75, 3.05) is 5.32 Å². The van der Waals surface area contributed by atoms with Crippen LogP contribution in [0.25, 0.3) is 0 Å². The van der Waals surface area contributed by atoms with Crippen molar-refractivity contribution in [3.05, 3.63) is 22.7 Å². The van der Waals surface area contributed by atoms with Gasteiger partial charge in [0, 0.05) is 4.47 Å². The maximum atomic E-state index is 11.9. The van der Waals surface area contributed by atoms with Gasteiger partial charge in [-0.3, -0.25) is 4.79 Å². The standard InChI is InChI=1S/C14H18BrNO3/c15-10-4-5-11(12(17)8-10)16-13(18)9-14(19)6-2-1-3-7-14/h4-5,8,17,19H,1-3,6-7,9H2,(H,16,18). The van der Waals surface area contributed by atoms with Gasteiger partial charge in [0.05, 0.1) is 17.7 Å². The van der Waals surface area contributed by atoms with Crippen molar-refractivity contribution in [2.24, 2.45) is 0 Å². The maximum absolute atomic E-state index is 11.9. The summed E-state index contributed by atoms with van der Waals surface area (Å²) >= 11 is 3.24. The Morgan fingerprint density at radius 2 is 2.00 bits per heavy atom. The molecule has 0 radical (unpaired) electrons. The highest BCUT2D eigenvalue weighted by molar-refractivity contribution is 9.10. The van der Waals surface area contributed by atoms with E-state index in [4.69, 9.17) is 0 Å². The highest BCUT2D eigenvalue weighted by Crippen LogP contribution is 2.32. The van der Waals surface area contributed by atoms with Gasteiger partial charge in [0.2, 0.25) is 5.91 Å². The lowest BCUT2D eigenvalue weighted by atomic mass is 9.82. The number of hydrogen-bond acceptors (Lipinski definition) is 3. The number of aliphatic hydroxyl groups is 1. The zero-order valence-electron chi connectivity index (χ0n) is 10.7. The molecule has 0 heterocycles. The largest absolute Gasteiger partial charge is 0.506 e. The van der Waals surface area contributed by atoms with Gasteiger partial charge >= 0.3 is 0 Å². The van der Waals surface area contributed by atoms with Crippen LogP contribution < -0.4 is 5.32 Å². The molecule has 104 valence electrons. The molecule has 4 nitrogen and oxygen atoms in total. The van der Waals surface area contributed by atoms with Crippen LogP contribution in [0, 0.1) is 0 Å². The molecule has 0 aliphatic heterocycles. The van der Waals surface area contributed by atoms with Gasteiger partial charge in [-0.2, -0.15) is 0 Å². The summed E-state index contributed by atoms with van der Waals surface area (Å²) < 4.78 is 0.744. The van der Waals surface area contributed by atoms with Crippen molar-refractivity contribution in [1.82, 2.24) is 0 Å². The van der Waals surface area contributed by atoms with Crippen LogP contribution in [0.4, 0.5) is 5.69 Å². The van der Waals surface area contributed by atoms with Crippen molar-refractivity contribution in [2.45, 2.75) is 44.1 Å². The third-order valence-corrected chi connectivity index (χ3v) is 4.00. The number of nitrogens with one attached hydrogen (secondary N) is 1. The number of benzene rings is 1. The van der Waals surface area contributed by atoms with Crippen LogP contribution in [-0.4, -0.2) is 21.7 Å². The lowest BCUT2D eigenvalue weighted by molar-refractivity contribution is -0.122. The van der Waals surface area contributed by atoms with E-state index in [1.54, 1.807) is 12.1 Å². The number of carbonyl (C=O) groups is 1. The average molecular weight is 328 g/mol. The molecule has 0 unspecified atom stereocenters. The number of rotatable bonds is 3. The first kappa shape index (κ1) is 14.3. The molecule has 1 aliphatic carbocycles. The molecular formula is C14H18BrNO3. The Bertz CT molecular complexity index is 470. The van der Waals surface area contributed by atoms with E-state index in [-0.39, 0.29) is 18.1 Å². The molecule has 0 atom stereocenters. The Labute approximate surface area is 121 Å². The van der Waals surface area contributed by atoms with Gasteiger partial charge in [0.1, 0.15) is 5.75 Å². The highest BCUT2D eigenvalue weighted by Gasteiger charge is 2.31. The molecule has 0 saturated heterocycles. The fourth-order valence-electron chi connectivity index (χ4n) is 2.49. The van der Waals surface area contributed by atoms with E-state index < -0.39 is 5.60 Å². The van der Waals surface area contributed by atoms with Gasteiger partial charge in [-0.05, 0) is 31.0 Å². The molecule has 1 amide bonds. The van der Waals surface area contributed by atoms with Crippen molar-refractivity contribution in [3.8, 4) is 5.75 Å². The van der Waals surface area contributed by atoms with Gasteiger partial charge in [-0.15, -0.1) is 0 Å². The van der Waals surface area contributed by atoms with E-state index >= 15 is 0 Å². The predicted molar refractivity (Wildman–Crippen MR) is 77.1 cm³/mol. The van der Waals surface area contributed by atoms with Gasteiger partial charge in [-0.1, -0.05) is 35.2 Å². The minimum absolute atomic E-state index is 0.0124. The van der Waals surface area contributed by atoms with E-state index in [9.17, 15) is 15.0 Å². The number of amides is 1. The molecule has 5 heteroatoms. The first-order valence-electron chi connectivity index (χ1n) is 6.49. The second-order valence-electron chi connectivity index (χ2n) is 5.17. The minimum atomic E-state index is -0.882. The molecule has 0 bridgehead atoms. The Morgan fingerprint density at radius 1 is 1.32 bits per heavy atom. The van der Waals surface area contributed by atoms with Crippen molar-refractivity contribution in [1.29, 1.82) is 0 Å². The SMILES string of the molecule is O=C(CC1(O)CCCCC1)Nc1ccc(Br)cc1O. The molecule has 2 rings (SSSR count). The first-order valence-corrected chi connectivity index (χ1v) is 7.29. The third-order valence-electron chi connectivity index (χ3n) is 3.51. The smallest absolute Gasteiger partial charge is 0.227 e. The highest BCUT2D eigenvalue weighted by atomic mass is 79.9. The zero-order chi connectivity index (χ0) is 13.9. The number of aromatic hydroxyl groups is 1. The average Bonchev–Trinajstić information content (AvgIpc) is 2.33. The summed E-state index contributed by atoms with van der Waals surface area (Å²) in [5.74, 6) is -0.250. The Morgan fingerprint density at radius 3 is 2.63 bits per heavy atom. The Kier molecular flexibility index (Phi) is 4.47. The number of phenols is 1. The number of halogens is 1. The number of hydrogen-bond donors (Lipinski definition) is 3. The van der Waals surface area contributed by atoms with Crippen LogP contribution in [-0.2, 0) is 4.79 Å². The Hall–Kier alpha value is -1.07. The molecule has 1 aromatic carbocycles. The summed E-state index contributed by atoms with van der Waals surface area (Å²) in [5, 5.41) is 22.6. The lowest BCUT2D eigenvalue weighted by Crippen LogP contribution is -2.35. The van der Waals surface area contributed by atoms with E-state index in [0.717, 1.165) is 23.7 Å².